The summed E-state index contributed by atoms with van der Waals surface area (Å²) in [5, 5.41) is 2.97. The fourth-order valence-electron chi connectivity index (χ4n) is 3.75. The topological polar surface area (TPSA) is 64.6 Å². The normalized spacial score (nSPS) is 22.1. The maximum Gasteiger partial charge on any atom is 0.344 e. The third-order valence-electron chi connectivity index (χ3n) is 5.25. The molecule has 0 radical (unpaired) electrons. The first-order chi connectivity index (χ1) is 12.1. The van der Waals surface area contributed by atoms with E-state index in [0.717, 1.165) is 32.1 Å². The number of fused-ring (bicyclic) bond motifs is 1. The lowest BCUT2D eigenvalue weighted by Gasteiger charge is -2.29. The molecule has 1 amide bonds. The molecule has 25 heavy (non-hydrogen) atoms. The van der Waals surface area contributed by atoms with E-state index in [1.165, 1.54) is 24.0 Å². The summed E-state index contributed by atoms with van der Waals surface area (Å²) in [5.74, 6) is 0.409. The van der Waals surface area contributed by atoms with Crippen LogP contribution in [0.15, 0.2) is 18.2 Å². The molecular formula is C20H27NO4. The minimum Gasteiger partial charge on any atom is -0.482 e. The molecule has 1 aromatic rings. The van der Waals surface area contributed by atoms with Crippen molar-refractivity contribution in [3.63, 3.8) is 0 Å². The van der Waals surface area contributed by atoms with Gasteiger partial charge in [0, 0.05) is 6.04 Å². The molecule has 1 N–H and O–H groups in total. The van der Waals surface area contributed by atoms with Crippen LogP contribution < -0.4 is 10.1 Å². The van der Waals surface area contributed by atoms with E-state index in [0.29, 0.717) is 11.7 Å². The molecule has 0 bridgehead atoms. The van der Waals surface area contributed by atoms with Gasteiger partial charge >= 0.3 is 5.97 Å². The molecule has 0 unspecified atom stereocenters. The van der Waals surface area contributed by atoms with Gasteiger partial charge in [0.1, 0.15) is 5.75 Å². The molecular weight excluding hydrogens is 318 g/mol. The first-order valence-electron chi connectivity index (χ1n) is 9.31. The summed E-state index contributed by atoms with van der Waals surface area (Å²) in [5.41, 5.74) is 2.66. The van der Waals surface area contributed by atoms with Crippen LogP contribution in [0.25, 0.3) is 0 Å². The van der Waals surface area contributed by atoms with Crippen LogP contribution in [0.5, 0.6) is 5.75 Å². The molecule has 2 aliphatic carbocycles. The third-order valence-corrected chi connectivity index (χ3v) is 5.25. The van der Waals surface area contributed by atoms with E-state index in [9.17, 15) is 9.59 Å². The van der Waals surface area contributed by atoms with E-state index >= 15 is 0 Å². The van der Waals surface area contributed by atoms with Crippen LogP contribution in [0.4, 0.5) is 0 Å². The summed E-state index contributed by atoms with van der Waals surface area (Å²) in [6.45, 7) is 1.74. The van der Waals surface area contributed by atoms with Crippen LogP contribution in [0.1, 0.15) is 50.2 Å². The molecule has 0 saturated heterocycles. The molecule has 2 aliphatic rings. The fourth-order valence-corrected chi connectivity index (χ4v) is 3.75. The van der Waals surface area contributed by atoms with Crippen molar-refractivity contribution >= 4 is 11.9 Å². The van der Waals surface area contributed by atoms with Crippen molar-refractivity contribution in [3.8, 4) is 5.75 Å². The number of carbonyl (C=O) groups excluding carboxylic acids is 2. The highest BCUT2D eigenvalue weighted by molar-refractivity contribution is 5.81. The van der Waals surface area contributed by atoms with Gasteiger partial charge in [-0.25, -0.2) is 4.79 Å². The fraction of sp³-hybridized carbons (Fsp3) is 0.600. The highest BCUT2D eigenvalue weighted by Gasteiger charge is 2.23. The predicted molar refractivity (Wildman–Crippen MR) is 94.5 cm³/mol. The SMILES string of the molecule is C[C@@H]1CCCC[C@@H]1NC(=O)COC(=O)COc1ccc2c(c1)CCC2. The highest BCUT2D eigenvalue weighted by atomic mass is 16.6. The number of aryl methyl sites for hydroxylation is 2. The molecule has 3 rings (SSSR count). The lowest BCUT2D eigenvalue weighted by atomic mass is 9.86. The number of benzene rings is 1. The maximum atomic E-state index is 11.9. The number of carbonyl (C=O) groups is 2. The Labute approximate surface area is 149 Å². The monoisotopic (exact) mass is 345 g/mol. The third kappa shape index (κ3) is 4.97. The molecule has 2 atom stereocenters. The number of hydrogen-bond acceptors (Lipinski definition) is 4. The second-order valence-corrected chi connectivity index (χ2v) is 7.17. The molecule has 0 aromatic heterocycles. The molecule has 0 aliphatic heterocycles. The number of ether oxygens (including phenoxy) is 2. The molecule has 0 spiro atoms. The Kier molecular flexibility index (Phi) is 5.95. The zero-order valence-corrected chi connectivity index (χ0v) is 14.9. The van der Waals surface area contributed by atoms with Crippen LogP contribution in [0, 0.1) is 5.92 Å². The Morgan fingerprint density at radius 1 is 1.08 bits per heavy atom. The van der Waals surface area contributed by atoms with E-state index in [1.807, 2.05) is 12.1 Å². The van der Waals surface area contributed by atoms with E-state index in [-0.39, 0.29) is 25.2 Å². The summed E-state index contributed by atoms with van der Waals surface area (Å²) in [6, 6.07) is 6.13. The van der Waals surface area contributed by atoms with Crippen LogP contribution in [0.2, 0.25) is 0 Å². The Balaban J connectivity index is 1.37. The van der Waals surface area contributed by atoms with Crippen molar-refractivity contribution in [3.05, 3.63) is 29.3 Å². The lowest BCUT2D eigenvalue weighted by Crippen LogP contribution is -2.43. The Morgan fingerprint density at radius 2 is 1.88 bits per heavy atom. The number of rotatable bonds is 6. The maximum absolute atomic E-state index is 11.9. The molecule has 1 fully saturated rings. The van der Waals surface area contributed by atoms with Crippen molar-refractivity contribution in [2.75, 3.05) is 13.2 Å². The van der Waals surface area contributed by atoms with Gasteiger partial charge in [0.15, 0.2) is 13.2 Å². The van der Waals surface area contributed by atoms with Gasteiger partial charge < -0.3 is 14.8 Å². The molecule has 5 heteroatoms. The van der Waals surface area contributed by atoms with Crippen LogP contribution >= 0.6 is 0 Å². The van der Waals surface area contributed by atoms with Crippen LogP contribution in [-0.2, 0) is 27.2 Å². The summed E-state index contributed by atoms with van der Waals surface area (Å²) < 4.78 is 10.5. The molecule has 1 aromatic carbocycles. The summed E-state index contributed by atoms with van der Waals surface area (Å²) >= 11 is 0. The van der Waals surface area contributed by atoms with Crippen LogP contribution in [0.3, 0.4) is 0 Å². The van der Waals surface area contributed by atoms with Crippen molar-refractivity contribution in [2.45, 2.75) is 57.9 Å². The summed E-state index contributed by atoms with van der Waals surface area (Å²) in [7, 11) is 0. The number of esters is 1. The van der Waals surface area contributed by atoms with Gasteiger partial charge in [-0.1, -0.05) is 25.8 Å². The minimum absolute atomic E-state index is 0.175. The van der Waals surface area contributed by atoms with Gasteiger partial charge in [-0.15, -0.1) is 0 Å². The largest absolute Gasteiger partial charge is 0.482 e. The Hall–Kier alpha value is -2.04. The van der Waals surface area contributed by atoms with Gasteiger partial charge in [0.25, 0.3) is 5.91 Å². The average Bonchev–Trinajstić information content (AvgIpc) is 3.08. The van der Waals surface area contributed by atoms with Crippen molar-refractivity contribution in [1.82, 2.24) is 5.32 Å². The van der Waals surface area contributed by atoms with E-state index in [1.54, 1.807) is 0 Å². The second kappa shape index (κ2) is 8.37. The summed E-state index contributed by atoms with van der Waals surface area (Å²) in [4.78, 5) is 23.7. The molecule has 0 heterocycles. The Morgan fingerprint density at radius 3 is 2.72 bits per heavy atom. The molecule has 1 saturated carbocycles. The van der Waals surface area contributed by atoms with Gasteiger partial charge in [0.2, 0.25) is 0 Å². The van der Waals surface area contributed by atoms with Gasteiger partial charge in [-0.3, -0.25) is 4.79 Å². The van der Waals surface area contributed by atoms with Crippen molar-refractivity contribution in [1.29, 1.82) is 0 Å². The quantitative estimate of drug-likeness (QED) is 0.805. The standard InChI is InChI=1S/C20H27NO4/c1-14-5-2-3-8-18(14)21-19(22)12-25-20(23)13-24-17-10-9-15-6-4-7-16(15)11-17/h9-11,14,18H,2-8,12-13H2,1H3,(H,21,22)/t14-,18+/m1/s1. The smallest absolute Gasteiger partial charge is 0.344 e. The first kappa shape index (κ1) is 17.8. The number of nitrogens with one attached hydrogen (secondary N) is 1. The Bertz CT molecular complexity index is 628. The molecule has 136 valence electrons. The van der Waals surface area contributed by atoms with E-state index in [4.69, 9.17) is 9.47 Å². The zero-order valence-electron chi connectivity index (χ0n) is 14.9. The molecule has 5 nitrogen and oxygen atoms in total. The average molecular weight is 345 g/mol. The van der Waals surface area contributed by atoms with Gasteiger partial charge in [-0.05, 0) is 61.3 Å². The first-order valence-corrected chi connectivity index (χ1v) is 9.31. The zero-order chi connectivity index (χ0) is 17.6. The second-order valence-electron chi connectivity index (χ2n) is 7.17. The van der Waals surface area contributed by atoms with Crippen LogP contribution in [-0.4, -0.2) is 31.1 Å². The van der Waals surface area contributed by atoms with E-state index in [2.05, 4.69) is 18.3 Å². The lowest BCUT2D eigenvalue weighted by molar-refractivity contribution is -0.150. The van der Waals surface area contributed by atoms with E-state index < -0.39 is 5.97 Å². The number of hydrogen-bond donors (Lipinski definition) is 1. The highest BCUT2D eigenvalue weighted by Crippen LogP contribution is 2.26. The van der Waals surface area contributed by atoms with Gasteiger partial charge in [0.05, 0.1) is 0 Å². The predicted octanol–water partition coefficient (Wildman–Crippen LogP) is 2.79. The number of amides is 1. The van der Waals surface area contributed by atoms with Crippen molar-refractivity contribution in [2.24, 2.45) is 5.92 Å². The van der Waals surface area contributed by atoms with Crippen molar-refractivity contribution < 1.29 is 19.1 Å². The van der Waals surface area contributed by atoms with Gasteiger partial charge in [-0.2, -0.15) is 0 Å². The summed E-state index contributed by atoms with van der Waals surface area (Å²) in [6.07, 6.45) is 7.87. The minimum atomic E-state index is -0.521.